The third-order valence-corrected chi connectivity index (χ3v) is 6.51. The summed E-state index contributed by atoms with van der Waals surface area (Å²) in [5.74, 6) is -0.458. The second kappa shape index (κ2) is 9.89. The minimum atomic E-state index is -0.368. The summed E-state index contributed by atoms with van der Waals surface area (Å²) in [5.41, 5.74) is 2.62. The summed E-state index contributed by atoms with van der Waals surface area (Å²) in [6.45, 7) is 9.83. The van der Waals surface area contributed by atoms with Crippen LogP contribution < -0.4 is 10.2 Å². The highest BCUT2D eigenvalue weighted by Gasteiger charge is 2.24. The van der Waals surface area contributed by atoms with E-state index in [1.807, 2.05) is 32.0 Å². The topological polar surface area (TPSA) is 61.9 Å². The van der Waals surface area contributed by atoms with Crippen molar-refractivity contribution in [1.29, 1.82) is 0 Å². The van der Waals surface area contributed by atoms with Crippen LogP contribution in [-0.2, 0) is 16.0 Å². The van der Waals surface area contributed by atoms with E-state index in [1.54, 1.807) is 6.92 Å². The number of benzene rings is 1. The van der Waals surface area contributed by atoms with Crippen LogP contribution in [0.15, 0.2) is 30.3 Å². The standard InChI is InChI=1S/C22H29N3O3S/c1-4-18-16(3)20(22(27)28-5-2)21(29-18)23-19(26)15-24-11-13-25(14-12-24)17-9-7-6-8-10-17/h6-10H,4-5,11-15H2,1-3H3,(H,23,26). The first-order chi connectivity index (χ1) is 14.0. The number of thiophene rings is 1. The minimum absolute atomic E-state index is 0.0902. The van der Waals surface area contributed by atoms with Gasteiger partial charge < -0.3 is 15.0 Å². The zero-order chi connectivity index (χ0) is 20.8. The van der Waals surface area contributed by atoms with Crippen LogP contribution in [-0.4, -0.2) is 56.1 Å². The molecule has 0 radical (unpaired) electrons. The molecule has 1 aromatic carbocycles. The zero-order valence-electron chi connectivity index (χ0n) is 17.4. The molecule has 0 saturated carbocycles. The third-order valence-electron chi connectivity index (χ3n) is 5.16. The number of hydrogen-bond donors (Lipinski definition) is 1. The van der Waals surface area contributed by atoms with Gasteiger partial charge in [-0.1, -0.05) is 25.1 Å². The third kappa shape index (κ3) is 5.16. The molecule has 2 heterocycles. The lowest BCUT2D eigenvalue weighted by Gasteiger charge is -2.35. The predicted octanol–water partition coefficient (Wildman–Crippen LogP) is 3.56. The van der Waals surface area contributed by atoms with Gasteiger partial charge in [-0.05, 0) is 38.0 Å². The fourth-order valence-corrected chi connectivity index (χ4v) is 4.76. The van der Waals surface area contributed by atoms with Crippen molar-refractivity contribution in [1.82, 2.24) is 4.90 Å². The molecule has 1 aliphatic heterocycles. The zero-order valence-corrected chi connectivity index (χ0v) is 18.2. The predicted molar refractivity (Wildman–Crippen MR) is 118 cm³/mol. The highest BCUT2D eigenvalue weighted by atomic mass is 32.1. The number of piperazine rings is 1. The van der Waals surface area contributed by atoms with Crippen molar-refractivity contribution in [2.45, 2.75) is 27.2 Å². The lowest BCUT2D eigenvalue weighted by atomic mass is 10.1. The number of esters is 1. The molecule has 6 nitrogen and oxygen atoms in total. The van der Waals surface area contributed by atoms with Gasteiger partial charge in [0.05, 0.1) is 18.7 Å². The molecular weight excluding hydrogens is 386 g/mol. The van der Waals surface area contributed by atoms with E-state index < -0.39 is 0 Å². The van der Waals surface area contributed by atoms with E-state index >= 15 is 0 Å². The number of anilines is 2. The Balaban J connectivity index is 1.59. The van der Waals surface area contributed by atoms with E-state index in [9.17, 15) is 9.59 Å². The molecule has 2 aromatic rings. The number of nitrogens with one attached hydrogen (secondary N) is 1. The molecule has 7 heteroatoms. The monoisotopic (exact) mass is 415 g/mol. The summed E-state index contributed by atoms with van der Waals surface area (Å²) in [5, 5.41) is 3.56. The van der Waals surface area contributed by atoms with Gasteiger partial charge in [0.2, 0.25) is 5.91 Å². The second-order valence-electron chi connectivity index (χ2n) is 7.08. The molecule has 1 amide bonds. The first kappa shape index (κ1) is 21.3. The summed E-state index contributed by atoms with van der Waals surface area (Å²) in [6.07, 6.45) is 0.820. The van der Waals surface area contributed by atoms with Crippen molar-refractivity contribution in [3.8, 4) is 0 Å². The Morgan fingerprint density at radius 1 is 1.10 bits per heavy atom. The maximum atomic E-state index is 12.7. The van der Waals surface area contributed by atoms with Crippen molar-refractivity contribution in [2.75, 3.05) is 49.5 Å². The van der Waals surface area contributed by atoms with Crippen molar-refractivity contribution < 1.29 is 14.3 Å². The highest BCUT2D eigenvalue weighted by molar-refractivity contribution is 7.17. The molecular formula is C22H29N3O3S. The lowest BCUT2D eigenvalue weighted by molar-refractivity contribution is -0.117. The van der Waals surface area contributed by atoms with Gasteiger partial charge in [0.15, 0.2) is 0 Å². The van der Waals surface area contributed by atoms with Crippen molar-refractivity contribution in [3.05, 3.63) is 46.3 Å². The maximum Gasteiger partial charge on any atom is 0.341 e. The maximum absolute atomic E-state index is 12.7. The van der Waals surface area contributed by atoms with Crippen LogP contribution in [0, 0.1) is 6.92 Å². The van der Waals surface area contributed by atoms with Gasteiger partial charge in [0, 0.05) is 36.7 Å². The molecule has 29 heavy (non-hydrogen) atoms. The summed E-state index contributed by atoms with van der Waals surface area (Å²) in [7, 11) is 0. The van der Waals surface area contributed by atoms with Crippen molar-refractivity contribution >= 4 is 33.9 Å². The number of rotatable bonds is 7. The van der Waals surface area contributed by atoms with Crippen LogP contribution in [0.3, 0.4) is 0 Å². The summed E-state index contributed by atoms with van der Waals surface area (Å²) in [6, 6.07) is 10.3. The van der Waals surface area contributed by atoms with Crippen LogP contribution in [0.4, 0.5) is 10.7 Å². The van der Waals surface area contributed by atoms with E-state index in [2.05, 4.69) is 27.2 Å². The highest BCUT2D eigenvalue weighted by Crippen LogP contribution is 2.34. The number of ether oxygens (including phenoxy) is 1. The van der Waals surface area contributed by atoms with E-state index in [0.29, 0.717) is 23.7 Å². The van der Waals surface area contributed by atoms with Gasteiger partial charge in [-0.15, -0.1) is 11.3 Å². The van der Waals surface area contributed by atoms with Crippen molar-refractivity contribution in [2.24, 2.45) is 0 Å². The van der Waals surface area contributed by atoms with Crippen molar-refractivity contribution in [3.63, 3.8) is 0 Å². The quantitative estimate of drug-likeness (QED) is 0.701. The van der Waals surface area contributed by atoms with Gasteiger partial charge >= 0.3 is 5.97 Å². The Morgan fingerprint density at radius 2 is 1.79 bits per heavy atom. The molecule has 156 valence electrons. The SMILES string of the molecule is CCOC(=O)c1c(NC(=O)CN2CCN(c3ccccc3)CC2)sc(CC)c1C. The summed E-state index contributed by atoms with van der Waals surface area (Å²) >= 11 is 1.47. The van der Waals surface area contributed by atoms with Crippen LogP contribution in [0.25, 0.3) is 0 Å². The molecule has 0 atom stereocenters. The van der Waals surface area contributed by atoms with Gasteiger partial charge in [0.1, 0.15) is 5.00 Å². The molecule has 0 aliphatic carbocycles. The fourth-order valence-electron chi connectivity index (χ4n) is 3.61. The molecule has 1 N–H and O–H groups in total. The summed E-state index contributed by atoms with van der Waals surface area (Å²) in [4.78, 5) is 30.6. The number of hydrogen-bond acceptors (Lipinski definition) is 6. The first-order valence-electron chi connectivity index (χ1n) is 10.1. The Morgan fingerprint density at radius 3 is 2.41 bits per heavy atom. The Labute approximate surface area is 176 Å². The Kier molecular flexibility index (Phi) is 7.28. The van der Waals surface area contributed by atoms with E-state index in [1.165, 1.54) is 17.0 Å². The Hall–Kier alpha value is -2.38. The second-order valence-corrected chi connectivity index (χ2v) is 8.18. The molecule has 3 rings (SSSR count). The van der Waals surface area contributed by atoms with Crippen LogP contribution >= 0.6 is 11.3 Å². The first-order valence-corrected chi connectivity index (χ1v) is 11.0. The number of aryl methyl sites for hydroxylation is 1. The molecule has 1 aromatic heterocycles. The molecule has 0 spiro atoms. The summed E-state index contributed by atoms with van der Waals surface area (Å²) < 4.78 is 5.19. The molecule has 0 bridgehead atoms. The van der Waals surface area contributed by atoms with Crippen LogP contribution in [0.5, 0.6) is 0 Å². The van der Waals surface area contributed by atoms with E-state index in [0.717, 1.165) is 43.0 Å². The van der Waals surface area contributed by atoms with Gasteiger partial charge in [-0.2, -0.15) is 0 Å². The number of nitrogens with zero attached hydrogens (tertiary/aromatic N) is 2. The average molecular weight is 416 g/mol. The van der Waals surface area contributed by atoms with Gasteiger partial charge in [-0.3, -0.25) is 9.69 Å². The van der Waals surface area contributed by atoms with E-state index in [-0.39, 0.29) is 11.9 Å². The normalized spacial score (nSPS) is 14.7. The molecule has 1 aliphatic rings. The molecule has 0 unspecified atom stereocenters. The number of amides is 1. The number of para-hydroxylation sites is 1. The average Bonchev–Trinajstić information content (AvgIpc) is 3.04. The fraction of sp³-hybridized carbons (Fsp3) is 0.455. The van der Waals surface area contributed by atoms with Gasteiger partial charge in [0.25, 0.3) is 0 Å². The number of carbonyl (C=O) groups is 2. The lowest BCUT2D eigenvalue weighted by Crippen LogP contribution is -2.48. The molecule has 1 saturated heterocycles. The van der Waals surface area contributed by atoms with Crippen LogP contribution in [0.1, 0.15) is 34.6 Å². The number of carbonyl (C=O) groups excluding carboxylic acids is 2. The smallest absolute Gasteiger partial charge is 0.341 e. The minimum Gasteiger partial charge on any atom is -0.462 e. The molecule has 1 fully saturated rings. The van der Waals surface area contributed by atoms with Crippen LogP contribution in [0.2, 0.25) is 0 Å². The van der Waals surface area contributed by atoms with E-state index in [4.69, 9.17) is 4.74 Å². The van der Waals surface area contributed by atoms with Gasteiger partial charge in [-0.25, -0.2) is 4.79 Å². The largest absolute Gasteiger partial charge is 0.462 e. The Bertz CT molecular complexity index is 842.